The fourth-order valence-corrected chi connectivity index (χ4v) is 1.72. The first-order valence-corrected chi connectivity index (χ1v) is 5.16. The minimum absolute atomic E-state index is 0.827. The molecule has 0 aromatic heterocycles. The van der Waals surface area contributed by atoms with Gasteiger partial charge in [0, 0.05) is 11.8 Å². The molecule has 1 fully saturated rings. The first-order valence-electron chi connectivity index (χ1n) is 5.16. The largest absolute Gasteiger partial charge is 0.394 e. The molecule has 1 amide bonds. The Hall–Kier alpha value is -1.46. The van der Waals surface area contributed by atoms with Crippen molar-refractivity contribution in [1.29, 1.82) is 0 Å². The van der Waals surface area contributed by atoms with Crippen molar-refractivity contribution < 1.29 is 35.1 Å². The van der Waals surface area contributed by atoms with Gasteiger partial charge in [-0.05, 0) is 10.6 Å². The minimum atomic E-state index is -3.07. The number of hydrogen-bond donors (Lipinski definition) is 6. The second-order valence-electron chi connectivity index (χ2n) is 4.02. The number of aliphatic hydroxyl groups is 5. The summed E-state index contributed by atoms with van der Waals surface area (Å²) in [5, 5.41) is 52.8. The van der Waals surface area contributed by atoms with Crippen molar-refractivity contribution in [2.45, 2.75) is 36.9 Å². The van der Waals surface area contributed by atoms with Crippen LogP contribution < -0.4 is 5.32 Å². The van der Waals surface area contributed by atoms with E-state index in [0.29, 0.717) is 0 Å². The van der Waals surface area contributed by atoms with E-state index in [1.807, 2.05) is 0 Å². The van der Waals surface area contributed by atoms with E-state index in [9.17, 15) is 25.2 Å². The van der Waals surface area contributed by atoms with Crippen LogP contribution in [0.25, 0.3) is 10.4 Å². The highest BCUT2D eigenvalue weighted by molar-refractivity contribution is 5.73. The fraction of sp³-hybridized carbons (Fsp3) is 0.875. The monoisotopic (exact) mass is 278 g/mol. The lowest BCUT2D eigenvalue weighted by Gasteiger charge is -2.50. The Morgan fingerprint density at radius 2 is 2.11 bits per heavy atom. The van der Waals surface area contributed by atoms with E-state index in [-0.39, 0.29) is 0 Å². The Bertz CT molecular complexity index is 414. The summed E-state index contributed by atoms with van der Waals surface area (Å²) < 4.78 is 4.73. The van der Waals surface area contributed by atoms with Gasteiger partial charge in [0.25, 0.3) is 5.91 Å². The molecule has 11 heteroatoms. The zero-order valence-electron chi connectivity index (χ0n) is 9.83. The van der Waals surface area contributed by atoms with Gasteiger partial charge in [0.15, 0.2) is 0 Å². The molecule has 1 saturated heterocycles. The zero-order valence-corrected chi connectivity index (χ0v) is 9.83. The normalized spacial score (nSPS) is 42.3. The SMILES string of the molecule is CC(=O)NC1(O)O[C@H](CO)[C@@H](O)[C@H](O)[C@]1(O)N=[N+]=[N-]. The van der Waals surface area contributed by atoms with Crippen LogP contribution in [0, 0.1) is 0 Å². The van der Waals surface area contributed by atoms with E-state index < -0.39 is 42.5 Å². The lowest BCUT2D eigenvalue weighted by Crippen LogP contribution is -2.77. The molecule has 6 N–H and O–H groups in total. The van der Waals surface area contributed by atoms with Gasteiger partial charge in [0.1, 0.15) is 18.3 Å². The van der Waals surface area contributed by atoms with Crippen molar-refractivity contribution in [2.24, 2.45) is 5.11 Å². The summed E-state index contributed by atoms with van der Waals surface area (Å²) in [5.74, 6) is -3.88. The van der Waals surface area contributed by atoms with Gasteiger partial charge in [-0.15, -0.1) is 0 Å². The van der Waals surface area contributed by atoms with Crippen molar-refractivity contribution >= 4 is 5.91 Å². The van der Waals surface area contributed by atoms with Crippen LogP contribution in [0.4, 0.5) is 0 Å². The number of hydrogen-bond acceptors (Lipinski definition) is 8. The summed E-state index contributed by atoms with van der Waals surface area (Å²) in [5.41, 5.74) is 5.28. The quantitative estimate of drug-likeness (QED) is 0.136. The van der Waals surface area contributed by atoms with Gasteiger partial charge >= 0.3 is 0 Å². The van der Waals surface area contributed by atoms with Crippen molar-refractivity contribution in [3.63, 3.8) is 0 Å². The van der Waals surface area contributed by atoms with Crippen molar-refractivity contribution in [2.75, 3.05) is 6.61 Å². The first-order chi connectivity index (χ1) is 8.71. The van der Waals surface area contributed by atoms with Crippen LogP contribution >= 0.6 is 0 Å². The van der Waals surface area contributed by atoms with Gasteiger partial charge in [-0.2, -0.15) is 0 Å². The smallest absolute Gasteiger partial charge is 0.288 e. The maximum atomic E-state index is 11.0. The predicted molar refractivity (Wildman–Crippen MR) is 56.8 cm³/mol. The van der Waals surface area contributed by atoms with E-state index >= 15 is 0 Å². The third-order valence-corrected chi connectivity index (χ3v) is 2.66. The maximum absolute atomic E-state index is 11.0. The number of nitrogens with one attached hydrogen (secondary N) is 1. The molecule has 0 radical (unpaired) electrons. The molecule has 0 aliphatic carbocycles. The number of ether oxygens (including phenoxy) is 1. The highest BCUT2D eigenvalue weighted by Crippen LogP contribution is 2.36. The van der Waals surface area contributed by atoms with Crippen molar-refractivity contribution in [1.82, 2.24) is 5.32 Å². The number of carbonyl (C=O) groups is 1. The van der Waals surface area contributed by atoms with Gasteiger partial charge in [-0.25, -0.2) is 0 Å². The number of nitrogens with zero attached hydrogens (tertiary/aromatic N) is 3. The second kappa shape index (κ2) is 5.27. The molecule has 0 bridgehead atoms. The summed E-state index contributed by atoms with van der Waals surface area (Å²) in [6.07, 6.45) is -5.57. The fourth-order valence-electron chi connectivity index (χ4n) is 1.72. The van der Waals surface area contributed by atoms with Gasteiger partial charge < -0.3 is 35.6 Å². The molecule has 19 heavy (non-hydrogen) atoms. The molecule has 0 spiro atoms. The Kier molecular flexibility index (Phi) is 4.32. The Morgan fingerprint density at radius 3 is 2.53 bits per heavy atom. The van der Waals surface area contributed by atoms with Crippen LogP contribution in [-0.4, -0.2) is 68.0 Å². The summed E-state index contributed by atoms with van der Waals surface area (Å²) in [4.78, 5) is 13.2. The second-order valence-corrected chi connectivity index (χ2v) is 4.02. The lowest BCUT2D eigenvalue weighted by molar-refractivity contribution is -0.395. The molecular weight excluding hydrogens is 264 g/mol. The lowest BCUT2D eigenvalue weighted by atomic mass is 9.91. The molecule has 108 valence electrons. The Labute approximate surface area is 106 Å². The molecule has 1 unspecified atom stereocenters. The average Bonchev–Trinajstić information content (AvgIpc) is 2.32. The third-order valence-electron chi connectivity index (χ3n) is 2.66. The molecule has 5 atom stereocenters. The summed E-state index contributed by atoms with van der Waals surface area (Å²) in [7, 11) is 0. The number of rotatable bonds is 3. The molecule has 1 heterocycles. The highest BCUT2D eigenvalue weighted by Gasteiger charge is 2.64. The first kappa shape index (κ1) is 15.6. The molecule has 1 aliphatic heterocycles. The molecule has 0 aromatic carbocycles. The summed E-state index contributed by atoms with van der Waals surface area (Å²) in [6.45, 7) is 0.135. The van der Waals surface area contributed by atoms with Crippen LogP contribution in [0.2, 0.25) is 0 Å². The number of azide groups is 1. The zero-order chi connectivity index (χ0) is 14.8. The van der Waals surface area contributed by atoms with Gasteiger partial charge in [0.2, 0.25) is 11.6 Å². The van der Waals surface area contributed by atoms with E-state index in [0.717, 1.165) is 6.92 Å². The van der Waals surface area contributed by atoms with Gasteiger partial charge in [-0.1, -0.05) is 0 Å². The summed E-state index contributed by atoms with van der Waals surface area (Å²) >= 11 is 0. The van der Waals surface area contributed by atoms with Gasteiger partial charge in [-0.3, -0.25) is 4.79 Å². The Morgan fingerprint density at radius 1 is 1.53 bits per heavy atom. The number of aliphatic hydroxyl groups excluding tert-OH is 3. The highest BCUT2D eigenvalue weighted by atomic mass is 16.7. The third kappa shape index (κ3) is 2.48. The predicted octanol–water partition coefficient (Wildman–Crippen LogP) is -3.12. The van der Waals surface area contributed by atoms with E-state index in [1.165, 1.54) is 0 Å². The van der Waals surface area contributed by atoms with E-state index in [2.05, 4.69) is 10.0 Å². The number of amides is 1. The molecule has 0 saturated carbocycles. The minimum Gasteiger partial charge on any atom is -0.394 e. The molecule has 1 aliphatic rings. The molecule has 1 rings (SSSR count). The van der Waals surface area contributed by atoms with Gasteiger partial charge in [0.05, 0.1) is 6.61 Å². The Balaban J connectivity index is 3.28. The standard InChI is InChI=1S/C8H14N4O7/c1-3(14)10-8(18)7(17,11-12-9)6(16)5(15)4(2-13)19-8/h4-6,13,15-18H,2H2,1H3,(H,10,14)/t4-,5-,6+,7-,8?/m1/s1. The number of carbonyl (C=O) groups excluding carboxylic acids is 1. The topological polar surface area (TPSA) is 188 Å². The van der Waals surface area contributed by atoms with E-state index in [1.54, 1.807) is 5.32 Å². The van der Waals surface area contributed by atoms with E-state index in [4.69, 9.17) is 15.4 Å². The van der Waals surface area contributed by atoms with Crippen LogP contribution in [0.15, 0.2) is 5.11 Å². The van der Waals surface area contributed by atoms with Crippen molar-refractivity contribution in [3.8, 4) is 0 Å². The van der Waals surface area contributed by atoms with Crippen LogP contribution in [-0.2, 0) is 9.53 Å². The van der Waals surface area contributed by atoms with Crippen LogP contribution in [0.5, 0.6) is 0 Å². The van der Waals surface area contributed by atoms with Crippen molar-refractivity contribution in [3.05, 3.63) is 10.4 Å². The van der Waals surface area contributed by atoms with Crippen LogP contribution in [0.3, 0.4) is 0 Å². The molecular formula is C8H14N4O7. The molecule has 0 aromatic rings. The molecule has 11 nitrogen and oxygen atoms in total. The average molecular weight is 278 g/mol. The maximum Gasteiger partial charge on any atom is 0.288 e. The summed E-state index contributed by atoms with van der Waals surface area (Å²) in [6, 6.07) is 0. The van der Waals surface area contributed by atoms with Crippen LogP contribution in [0.1, 0.15) is 6.92 Å².